The van der Waals surface area contributed by atoms with E-state index in [-0.39, 0.29) is 17.2 Å². The fraction of sp³-hybridized carbons (Fsp3) is 0. The molecule has 0 unspecified atom stereocenters. The number of fused-ring (bicyclic) bond motifs is 1. The number of aromatic nitrogens is 4. The summed E-state index contributed by atoms with van der Waals surface area (Å²) in [6.45, 7) is 0. The third-order valence-electron chi connectivity index (χ3n) is 2.83. The number of aromatic carboxylic acids is 1. The molecule has 104 valence electrons. The van der Waals surface area contributed by atoms with E-state index in [2.05, 4.69) is 15.1 Å². The van der Waals surface area contributed by atoms with Crippen LogP contribution in [-0.4, -0.2) is 35.7 Å². The van der Waals surface area contributed by atoms with E-state index in [0.29, 0.717) is 10.9 Å². The largest absolute Gasteiger partial charge is 0.476 e. The summed E-state index contributed by atoms with van der Waals surface area (Å²) in [6.07, 6.45) is 2.70. The summed E-state index contributed by atoms with van der Waals surface area (Å²) in [5.41, 5.74) is 0.245. The van der Waals surface area contributed by atoms with Crippen molar-refractivity contribution in [3.8, 4) is 5.82 Å². The average molecular weight is 285 g/mol. The zero-order chi connectivity index (χ0) is 15.0. The van der Waals surface area contributed by atoms with Crippen LogP contribution >= 0.6 is 0 Å². The van der Waals surface area contributed by atoms with Crippen molar-refractivity contribution in [2.45, 2.75) is 0 Å². The van der Waals surface area contributed by atoms with Gasteiger partial charge in [-0.1, -0.05) is 0 Å². The van der Waals surface area contributed by atoms with Crippen LogP contribution in [0.2, 0.25) is 0 Å². The summed E-state index contributed by atoms with van der Waals surface area (Å²) in [6, 6.07) is 5.48. The van der Waals surface area contributed by atoms with Crippen LogP contribution in [0.25, 0.3) is 16.7 Å². The lowest BCUT2D eigenvalue weighted by Gasteiger charge is -2.04. The topological polar surface area (TPSA) is 124 Å². The Bertz CT molecular complexity index is 873. The number of hydrogen-bond donors (Lipinski definition) is 1. The smallest absolute Gasteiger partial charge is 0.356 e. The van der Waals surface area contributed by atoms with Gasteiger partial charge in [0.05, 0.1) is 15.8 Å². The first-order valence-corrected chi connectivity index (χ1v) is 5.75. The van der Waals surface area contributed by atoms with Crippen molar-refractivity contribution < 1.29 is 14.8 Å². The minimum absolute atomic E-state index is 0.107. The number of rotatable bonds is 3. The van der Waals surface area contributed by atoms with E-state index in [1.807, 2.05) is 0 Å². The molecule has 9 nitrogen and oxygen atoms in total. The highest BCUT2D eigenvalue weighted by molar-refractivity contribution is 5.88. The zero-order valence-electron chi connectivity index (χ0n) is 10.4. The molecule has 0 aliphatic carbocycles. The predicted octanol–water partition coefficient (Wildman–Crippen LogP) is 1.42. The second-order valence-electron chi connectivity index (χ2n) is 4.11. The van der Waals surface area contributed by atoms with Crippen molar-refractivity contribution in [3.05, 3.63) is 52.6 Å². The van der Waals surface area contributed by atoms with Crippen molar-refractivity contribution in [3.63, 3.8) is 0 Å². The lowest BCUT2D eigenvalue weighted by Crippen LogP contribution is -2.04. The third kappa shape index (κ3) is 2.16. The van der Waals surface area contributed by atoms with Crippen molar-refractivity contribution in [2.75, 3.05) is 0 Å². The molecule has 0 bridgehead atoms. The van der Waals surface area contributed by atoms with Gasteiger partial charge >= 0.3 is 5.97 Å². The number of non-ortho nitro benzene ring substituents is 1. The predicted molar refractivity (Wildman–Crippen MR) is 70.3 cm³/mol. The molecule has 2 heterocycles. The molecule has 1 aromatic carbocycles. The molecule has 0 aliphatic rings. The van der Waals surface area contributed by atoms with Gasteiger partial charge in [0, 0.05) is 18.3 Å². The Morgan fingerprint density at radius 1 is 1.29 bits per heavy atom. The van der Waals surface area contributed by atoms with Crippen LogP contribution in [0.3, 0.4) is 0 Å². The lowest BCUT2D eigenvalue weighted by molar-refractivity contribution is -0.384. The molecule has 0 spiro atoms. The van der Waals surface area contributed by atoms with Gasteiger partial charge in [0.1, 0.15) is 6.33 Å². The van der Waals surface area contributed by atoms with Gasteiger partial charge in [0.25, 0.3) is 5.69 Å². The Kier molecular flexibility index (Phi) is 2.79. The van der Waals surface area contributed by atoms with Crippen LogP contribution in [0.5, 0.6) is 0 Å². The average Bonchev–Trinajstić information content (AvgIpc) is 2.95. The Balaban J connectivity index is 2.23. The number of nitro groups is 1. The molecule has 1 N–H and O–H groups in total. The van der Waals surface area contributed by atoms with E-state index >= 15 is 0 Å². The van der Waals surface area contributed by atoms with E-state index < -0.39 is 10.9 Å². The van der Waals surface area contributed by atoms with Gasteiger partial charge in [0.2, 0.25) is 0 Å². The Hall–Kier alpha value is -3.36. The Labute approximate surface area is 116 Å². The molecule has 9 heteroatoms. The quantitative estimate of drug-likeness (QED) is 0.570. The number of hydrogen-bond acceptors (Lipinski definition) is 6. The summed E-state index contributed by atoms with van der Waals surface area (Å²) in [5.74, 6) is -0.894. The standard InChI is InChI=1S/C12H7N5O4/c18-12(19)10-3-4-16(15-10)11-8-5-7(17(20)21)1-2-9(8)13-6-14-11/h1-6H,(H,18,19). The van der Waals surface area contributed by atoms with E-state index in [1.165, 1.54) is 41.5 Å². The van der Waals surface area contributed by atoms with Gasteiger partial charge in [-0.3, -0.25) is 10.1 Å². The molecular weight excluding hydrogens is 278 g/mol. The van der Waals surface area contributed by atoms with Crippen molar-refractivity contribution >= 4 is 22.6 Å². The summed E-state index contributed by atoms with van der Waals surface area (Å²) in [4.78, 5) is 29.2. The molecule has 2 aromatic heterocycles. The van der Waals surface area contributed by atoms with Gasteiger partial charge in [0.15, 0.2) is 11.5 Å². The van der Waals surface area contributed by atoms with Gasteiger partial charge in [-0.15, -0.1) is 0 Å². The minimum Gasteiger partial charge on any atom is -0.476 e. The van der Waals surface area contributed by atoms with E-state index in [0.717, 1.165) is 0 Å². The fourth-order valence-electron chi connectivity index (χ4n) is 1.88. The molecule has 0 atom stereocenters. The molecule has 21 heavy (non-hydrogen) atoms. The Morgan fingerprint density at radius 3 is 2.76 bits per heavy atom. The van der Waals surface area contributed by atoms with Crippen LogP contribution in [0, 0.1) is 10.1 Å². The summed E-state index contributed by atoms with van der Waals surface area (Å²) < 4.78 is 1.25. The van der Waals surface area contributed by atoms with Gasteiger partial charge < -0.3 is 5.11 Å². The maximum Gasteiger partial charge on any atom is 0.356 e. The Morgan fingerprint density at radius 2 is 2.10 bits per heavy atom. The van der Waals surface area contributed by atoms with E-state index in [4.69, 9.17) is 5.11 Å². The number of carbonyl (C=O) groups is 1. The monoisotopic (exact) mass is 285 g/mol. The second-order valence-corrected chi connectivity index (χ2v) is 4.11. The molecule has 0 saturated heterocycles. The van der Waals surface area contributed by atoms with E-state index in [1.54, 1.807) is 0 Å². The number of carboxylic acids is 1. The lowest BCUT2D eigenvalue weighted by atomic mass is 10.2. The normalized spacial score (nSPS) is 10.7. The third-order valence-corrected chi connectivity index (χ3v) is 2.83. The summed E-state index contributed by atoms with van der Waals surface area (Å²) >= 11 is 0. The first kappa shape index (κ1) is 12.7. The fourth-order valence-corrected chi connectivity index (χ4v) is 1.88. The molecule has 0 saturated carbocycles. The van der Waals surface area contributed by atoms with Gasteiger partial charge in [-0.05, 0) is 12.1 Å². The molecule has 0 radical (unpaired) electrons. The van der Waals surface area contributed by atoms with Crippen LogP contribution in [0.4, 0.5) is 5.69 Å². The van der Waals surface area contributed by atoms with Crippen molar-refractivity contribution in [1.82, 2.24) is 19.7 Å². The molecule has 0 aliphatic heterocycles. The van der Waals surface area contributed by atoms with Crippen molar-refractivity contribution in [1.29, 1.82) is 0 Å². The second kappa shape index (κ2) is 4.63. The van der Waals surface area contributed by atoms with Crippen LogP contribution in [0.1, 0.15) is 10.5 Å². The first-order chi connectivity index (χ1) is 10.1. The molecule has 0 amide bonds. The van der Waals surface area contributed by atoms with Gasteiger partial charge in [-0.25, -0.2) is 19.4 Å². The van der Waals surface area contributed by atoms with Crippen LogP contribution in [0.15, 0.2) is 36.8 Å². The number of carboxylic acid groups (broad SMARTS) is 1. The SMILES string of the molecule is O=C(O)c1ccn(-c2ncnc3ccc([N+](=O)[O-])cc23)n1. The maximum atomic E-state index is 10.9. The molecular formula is C12H7N5O4. The molecule has 0 fully saturated rings. The first-order valence-electron chi connectivity index (χ1n) is 5.75. The highest BCUT2D eigenvalue weighted by Gasteiger charge is 2.14. The highest BCUT2D eigenvalue weighted by atomic mass is 16.6. The number of benzene rings is 1. The number of nitrogens with zero attached hydrogens (tertiary/aromatic N) is 5. The summed E-state index contributed by atoms with van der Waals surface area (Å²) in [7, 11) is 0. The van der Waals surface area contributed by atoms with Crippen molar-refractivity contribution in [2.24, 2.45) is 0 Å². The highest BCUT2D eigenvalue weighted by Crippen LogP contribution is 2.23. The summed E-state index contributed by atoms with van der Waals surface area (Å²) in [5, 5.41) is 24.0. The van der Waals surface area contributed by atoms with E-state index in [9.17, 15) is 14.9 Å². The maximum absolute atomic E-state index is 10.9. The zero-order valence-corrected chi connectivity index (χ0v) is 10.4. The van der Waals surface area contributed by atoms with Crippen LogP contribution < -0.4 is 0 Å². The van der Waals surface area contributed by atoms with Crippen LogP contribution in [-0.2, 0) is 0 Å². The van der Waals surface area contributed by atoms with Gasteiger partial charge in [-0.2, -0.15) is 5.10 Å². The molecule has 3 rings (SSSR count). The number of nitro benzene ring substituents is 1. The molecule has 3 aromatic rings. The minimum atomic E-state index is -1.17.